The van der Waals surface area contributed by atoms with Crippen LogP contribution in [-0.4, -0.2) is 57.7 Å². The van der Waals surface area contributed by atoms with Crippen LogP contribution in [0.5, 0.6) is 17.2 Å². The zero-order chi connectivity index (χ0) is 18.9. The molecule has 0 bridgehead atoms. The van der Waals surface area contributed by atoms with Gasteiger partial charge in [0.2, 0.25) is 17.6 Å². The molecule has 1 saturated heterocycles. The molecular weight excluding hydrogens is 336 g/mol. The second-order valence-corrected chi connectivity index (χ2v) is 5.92. The van der Waals surface area contributed by atoms with Crippen LogP contribution in [0, 0.1) is 0 Å². The zero-order valence-electron chi connectivity index (χ0n) is 15.5. The van der Waals surface area contributed by atoms with Crippen molar-refractivity contribution < 1.29 is 23.8 Å². The summed E-state index contributed by atoms with van der Waals surface area (Å²) in [6.07, 6.45) is 5.47. The molecule has 1 fully saturated rings. The Hall–Kier alpha value is -2.70. The van der Waals surface area contributed by atoms with Crippen molar-refractivity contribution in [2.24, 2.45) is 0 Å². The topological polar surface area (TPSA) is 77.1 Å². The lowest BCUT2D eigenvalue weighted by molar-refractivity contribution is -0.127. The molecule has 2 rings (SSSR count). The van der Waals surface area contributed by atoms with Crippen LogP contribution < -0.4 is 19.5 Å². The van der Waals surface area contributed by atoms with Crippen molar-refractivity contribution in [3.8, 4) is 17.2 Å². The van der Waals surface area contributed by atoms with E-state index in [1.807, 2.05) is 4.90 Å². The van der Waals surface area contributed by atoms with Crippen molar-refractivity contribution in [1.82, 2.24) is 10.2 Å². The maximum Gasteiger partial charge on any atom is 0.244 e. The Kier molecular flexibility index (Phi) is 7.32. The van der Waals surface area contributed by atoms with Crippen LogP contribution in [0.15, 0.2) is 18.2 Å². The molecule has 0 unspecified atom stereocenters. The summed E-state index contributed by atoms with van der Waals surface area (Å²) in [6.45, 7) is 2.05. The van der Waals surface area contributed by atoms with E-state index in [4.69, 9.17) is 14.2 Å². The van der Waals surface area contributed by atoms with Crippen molar-refractivity contribution in [2.75, 3.05) is 41.0 Å². The summed E-state index contributed by atoms with van der Waals surface area (Å²) < 4.78 is 15.9. The third-order valence-electron chi connectivity index (χ3n) is 4.19. The average molecular weight is 362 g/mol. The summed E-state index contributed by atoms with van der Waals surface area (Å²) in [7, 11) is 4.63. The van der Waals surface area contributed by atoms with E-state index in [2.05, 4.69) is 5.32 Å². The van der Waals surface area contributed by atoms with Crippen LogP contribution in [-0.2, 0) is 9.59 Å². The molecule has 1 N–H and O–H groups in total. The summed E-state index contributed by atoms with van der Waals surface area (Å²) in [5.41, 5.74) is 0.761. The fraction of sp³-hybridized carbons (Fsp3) is 0.474. The van der Waals surface area contributed by atoms with Gasteiger partial charge in [-0.05, 0) is 36.6 Å². The highest BCUT2D eigenvalue weighted by molar-refractivity contribution is 5.91. The minimum absolute atomic E-state index is 0.188. The lowest BCUT2D eigenvalue weighted by Gasteiger charge is -2.14. The van der Waals surface area contributed by atoms with Gasteiger partial charge >= 0.3 is 0 Å². The molecule has 7 heteroatoms. The van der Waals surface area contributed by atoms with Gasteiger partial charge in [-0.25, -0.2) is 0 Å². The average Bonchev–Trinajstić information content (AvgIpc) is 3.07. The Morgan fingerprint density at radius 2 is 1.88 bits per heavy atom. The number of hydrogen-bond donors (Lipinski definition) is 1. The highest BCUT2D eigenvalue weighted by Crippen LogP contribution is 2.38. The second kappa shape index (κ2) is 9.70. The minimum Gasteiger partial charge on any atom is -0.493 e. The molecule has 1 heterocycles. The zero-order valence-corrected chi connectivity index (χ0v) is 15.5. The SMILES string of the molecule is COc1cc(/C=C/C(=O)NCCCN2CCCC2=O)cc(OC)c1OC. The smallest absolute Gasteiger partial charge is 0.244 e. The Balaban J connectivity index is 1.86. The normalized spacial score (nSPS) is 14.0. The van der Waals surface area contributed by atoms with E-state index in [0.29, 0.717) is 36.8 Å². The molecule has 0 radical (unpaired) electrons. The lowest BCUT2D eigenvalue weighted by atomic mass is 10.1. The number of nitrogens with one attached hydrogen (secondary N) is 1. The van der Waals surface area contributed by atoms with Gasteiger partial charge in [-0.1, -0.05) is 0 Å². The number of nitrogens with zero attached hydrogens (tertiary/aromatic N) is 1. The van der Waals surface area contributed by atoms with E-state index in [0.717, 1.165) is 24.9 Å². The summed E-state index contributed by atoms with van der Waals surface area (Å²) in [5, 5.41) is 2.82. The van der Waals surface area contributed by atoms with Gasteiger partial charge < -0.3 is 24.4 Å². The number of benzene rings is 1. The van der Waals surface area contributed by atoms with Crippen molar-refractivity contribution in [2.45, 2.75) is 19.3 Å². The number of ether oxygens (including phenoxy) is 3. The molecular formula is C19H26N2O5. The van der Waals surface area contributed by atoms with E-state index in [1.165, 1.54) is 6.08 Å². The van der Waals surface area contributed by atoms with Crippen molar-refractivity contribution in [3.05, 3.63) is 23.8 Å². The van der Waals surface area contributed by atoms with Crippen LogP contribution in [0.25, 0.3) is 6.08 Å². The largest absolute Gasteiger partial charge is 0.493 e. The molecule has 1 aliphatic heterocycles. The molecule has 1 aromatic carbocycles. The maximum atomic E-state index is 11.9. The van der Waals surface area contributed by atoms with Gasteiger partial charge in [0.15, 0.2) is 11.5 Å². The highest BCUT2D eigenvalue weighted by Gasteiger charge is 2.19. The summed E-state index contributed by atoms with van der Waals surface area (Å²) >= 11 is 0. The standard InChI is InChI=1S/C19H26N2O5/c1-24-15-12-14(13-16(25-2)19(15)26-3)7-8-17(22)20-9-5-11-21-10-4-6-18(21)23/h7-8,12-13H,4-6,9-11H2,1-3H3,(H,20,22)/b8-7+. The predicted octanol–water partition coefficient (Wildman–Crippen LogP) is 1.85. The van der Waals surface area contributed by atoms with Crippen LogP contribution >= 0.6 is 0 Å². The molecule has 0 aliphatic carbocycles. The van der Waals surface area contributed by atoms with E-state index in [1.54, 1.807) is 39.5 Å². The fourth-order valence-electron chi connectivity index (χ4n) is 2.85. The lowest BCUT2D eigenvalue weighted by Crippen LogP contribution is -2.29. The van der Waals surface area contributed by atoms with Crippen molar-refractivity contribution in [3.63, 3.8) is 0 Å². The third-order valence-corrected chi connectivity index (χ3v) is 4.19. The molecule has 1 aliphatic rings. The van der Waals surface area contributed by atoms with E-state index in [-0.39, 0.29) is 11.8 Å². The minimum atomic E-state index is -0.188. The molecule has 0 saturated carbocycles. The van der Waals surface area contributed by atoms with Crippen LogP contribution in [0.2, 0.25) is 0 Å². The van der Waals surface area contributed by atoms with Gasteiger partial charge in [-0.3, -0.25) is 9.59 Å². The number of amides is 2. The fourth-order valence-corrected chi connectivity index (χ4v) is 2.85. The highest BCUT2D eigenvalue weighted by atomic mass is 16.5. The summed E-state index contributed by atoms with van der Waals surface area (Å²) in [4.78, 5) is 25.3. The van der Waals surface area contributed by atoms with Crippen LogP contribution in [0.3, 0.4) is 0 Å². The predicted molar refractivity (Wildman–Crippen MR) is 98.6 cm³/mol. The monoisotopic (exact) mass is 362 g/mol. The first kappa shape index (κ1) is 19.6. The number of rotatable bonds is 9. The summed E-state index contributed by atoms with van der Waals surface area (Å²) in [6, 6.07) is 3.54. The third kappa shape index (κ3) is 5.15. The van der Waals surface area contributed by atoms with E-state index in [9.17, 15) is 9.59 Å². The van der Waals surface area contributed by atoms with Crippen LogP contribution in [0.4, 0.5) is 0 Å². The van der Waals surface area contributed by atoms with Gasteiger partial charge in [0.25, 0.3) is 0 Å². The first-order chi connectivity index (χ1) is 12.6. The molecule has 1 aromatic rings. The Morgan fingerprint density at radius 1 is 1.19 bits per heavy atom. The Labute approximate surface area is 153 Å². The van der Waals surface area contributed by atoms with E-state index < -0.39 is 0 Å². The van der Waals surface area contributed by atoms with Gasteiger partial charge in [-0.2, -0.15) is 0 Å². The van der Waals surface area contributed by atoms with Gasteiger partial charge in [0.1, 0.15) is 0 Å². The second-order valence-electron chi connectivity index (χ2n) is 5.92. The number of carbonyl (C=O) groups is 2. The molecule has 0 spiro atoms. The van der Waals surface area contributed by atoms with E-state index >= 15 is 0 Å². The Morgan fingerprint density at radius 3 is 2.42 bits per heavy atom. The molecule has 7 nitrogen and oxygen atoms in total. The number of hydrogen-bond acceptors (Lipinski definition) is 5. The quantitative estimate of drug-likeness (QED) is 0.536. The van der Waals surface area contributed by atoms with Gasteiger partial charge in [0.05, 0.1) is 21.3 Å². The molecule has 0 atom stereocenters. The van der Waals surface area contributed by atoms with Crippen molar-refractivity contribution in [1.29, 1.82) is 0 Å². The molecule has 142 valence electrons. The van der Waals surface area contributed by atoms with Crippen LogP contribution in [0.1, 0.15) is 24.8 Å². The molecule has 0 aromatic heterocycles. The number of likely N-dealkylation sites (tertiary alicyclic amines) is 1. The first-order valence-electron chi connectivity index (χ1n) is 8.62. The first-order valence-corrected chi connectivity index (χ1v) is 8.62. The number of carbonyl (C=O) groups excluding carboxylic acids is 2. The van der Waals surface area contributed by atoms with Crippen molar-refractivity contribution >= 4 is 17.9 Å². The van der Waals surface area contributed by atoms with Gasteiger partial charge in [-0.15, -0.1) is 0 Å². The maximum absolute atomic E-state index is 11.9. The van der Waals surface area contributed by atoms with Gasteiger partial charge in [0, 0.05) is 32.1 Å². The summed E-state index contributed by atoms with van der Waals surface area (Å²) in [5.74, 6) is 1.59. The number of methoxy groups -OCH3 is 3. The molecule has 26 heavy (non-hydrogen) atoms. The Bertz CT molecular complexity index is 647. The molecule has 2 amide bonds.